The number of nitrogens with one attached hydrogen (secondary N) is 3. The number of rotatable bonds is 7. The first-order valence-corrected chi connectivity index (χ1v) is 12.6. The Morgan fingerprint density at radius 2 is 1.59 bits per heavy atom. The van der Waals surface area contributed by atoms with Crippen molar-refractivity contribution in [2.75, 3.05) is 0 Å². The second kappa shape index (κ2) is 9.88. The van der Waals surface area contributed by atoms with Gasteiger partial charge < -0.3 is 10.3 Å². The van der Waals surface area contributed by atoms with Crippen molar-refractivity contribution in [1.29, 1.82) is 0 Å². The van der Waals surface area contributed by atoms with Crippen LogP contribution in [0.2, 0.25) is 0 Å². The average Bonchev–Trinajstić information content (AvgIpc) is 3.62. The highest BCUT2D eigenvalue weighted by molar-refractivity contribution is 5.97. The summed E-state index contributed by atoms with van der Waals surface area (Å²) in [6.07, 6.45) is 12.7. The third-order valence-electron chi connectivity index (χ3n) is 6.63. The first-order valence-electron chi connectivity index (χ1n) is 12.6. The van der Waals surface area contributed by atoms with Crippen molar-refractivity contribution in [2.45, 2.75) is 13.1 Å². The predicted octanol–water partition coefficient (Wildman–Crippen LogP) is 5.31. The fourth-order valence-corrected chi connectivity index (χ4v) is 4.70. The van der Waals surface area contributed by atoms with Crippen LogP contribution < -0.4 is 5.32 Å². The molecular weight excluding hydrogens is 486 g/mol. The van der Waals surface area contributed by atoms with E-state index in [-0.39, 0.29) is 0 Å². The number of imidazole rings is 1. The topological polar surface area (TPSA) is 121 Å². The summed E-state index contributed by atoms with van der Waals surface area (Å²) in [6.45, 7) is 1.50. The Kier molecular flexibility index (Phi) is 5.80. The molecule has 0 radical (unpaired) electrons. The van der Waals surface area contributed by atoms with Crippen LogP contribution in [-0.2, 0) is 13.1 Å². The van der Waals surface area contributed by atoms with Gasteiger partial charge in [-0.15, -0.1) is 0 Å². The highest BCUT2D eigenvalue weighted by Gasteiger charge is 2.17. The number of fused-ring (bicyclic) bond motifs is 2. The number of hydrogen-bond donors (Lipinski definition) is 3. The van der Waals surface area contributed by atoms with Gasteiger partial charge in [0.25, 0.3) is 0 Å². The first kappa shape index (κ1) is 22.9. The highest BCUT2D eigenvalue weighted by atomic mass is 15.1. The maximum absolute atomic E-state index is 4.91. The summed E-state index contributed by atoms with van der Waals surface area (Å²) in [6, 6.07) is 18.4. The smallest absolute Gasteiger partial charge is 0.159 e. The minimum absolute atomic E-state index is 0.656. The van der Waals surface area contributed by atoms with Gasteiger partial charge in [-0.3, -0.25) is 25.0 Å². The highest BCUT2D eigenvalue weighted by Crippen LogP contribution is 2.31. The van der Waals surface area contributed by atoms with Crippen LogP contribution in [0.3, 0.4) is 0 Å². The van der Waals surface area contributed by atoms with Crippen LogP contribution in [0.15, 0.2) is 98.0 Å². The van der Waals surface area contributed by atoms with E-state index in [1.54, 1.807) is 18.6 Å². The largest absolute Gasteiger partial charge is 0.335 e. The fourth-order valence-electron chi connectivity index (χ4n) is 4.70. The number of aromatic nitrogens is 8. The van der Waals surface area contributed by atoms with Crippen LogP contribution in [0.4, 0.5) is 0 Å². The molecule has 9 nitrogen and oxygen atoms in total. The van der Waals surface area contributed by atoms with Crippen molar-refractivity contribution >= 4 is 21.9 Å². The average molecular weight is 510 g/mol. The predicted molar refractivity (Wildman–Crippen MR) is 150 cm³/mol. The van der Waals surface area contributed by atoms with E-state index < -0.39 is 0 Å². The van der Waals surface area contributed by atoms with E-state index in [4.69, 9.17) is 4.98 Å². The molecule has 9 heteroatoms. The maximum Gasteiger partial charge on any atom is 0.159 e. The molecular formula is C30H23N9. The third-order valence-corrected chi connectivity index (χ3v) is 6.63. The zero-order valence-electron chi connectivity index (χ0n) is 20.8. The first-order chi connectivity index (χ1) is 19.3. The second-order valence-electron chi connectivity index (χ2n) is 9.27. The molecule has 7 aromatic rings. The van der Waals surface area contributed by atoms with Crippen LogP contribution >= 0.6 is 0 Å². The lowest BCUT2D eigenvalue weighted by atomic mass is 10.1. The van der Waals surface area contributed by atoms with Gasteiger partial charge in [-0.05, 0) is 29.3 Å². The summed E-state index contributed by atoms with van der Waals surface area (Å²) in [7, 11) is 0. The van der Waals surface area contributed by atoms with Gasteiger partial charge in [-0.2, -0.15) is 5.10 Å². The molecule has 188 valence electrons. The van der Waals surface area contributed by atoms with Crippen molar-refractivity contribution in [3.8, 4) is 33.9 Å². The van der Waals surface area contributed by atoms with Crippen LogP contribution in [-0.4, -0.2) is 40.1 Å². The van der Waals surface area contributed by atoms with Crippen molar-refractivity contribution in [2.24, 2.45) is 0 Å². The number of hydrogen-bond acceptors (Lipinski definition) is 7. The Hall–Kier alpha value is -5.28. The molecule has 0 aliphatic rings. The summed E-state index contributed by atoms with van der Waals surface area (Å²) in [5.74, 6) is 0.656. The Labute approximate surface area is 223 Å². The van der Waals surface area contributed by atoms with E-state index in [2.05, 4.69) is 58.6 Å². The number of H-pyrrole nitrogens is 2. The van der Waals surface area contributed by atoms with Gasteiger partial charge in [0, 0.05) is 66.2 Å². The fraction of sp³-hybridized carbons (Fsp3) is 0.0667. The Bertz CT molecular complexity index is 1890. The Morgan fingerprint density at radius 1 is 0.718 bits per heavy atom. The second-order valence-corrected chi connectivity index (χ2v) is 9.27. The number of nitrogens with zero attached hydrogens (tertiary/aromatic N) is 6. The van der Waals surface area contributed by atoms with Gasteiger partial charge in [-0.25, -0.2) is 4.98 Å². The number of benzene rings is 1. The molecule has 0 aliphatic carbocycles. The standard InChI is InChI=1S/C30H23N9/c1-2-5-19(6-3-1)11-32-12-20-9-22(15-33-13-20)25-10-23-26(18-35-25)38-39-29(23)30-36-27-17-34-16-24(28(27)37-30)21-7-4-8-31-14-21/h1-10,13-18,32H,11-12H2,(H,36,37)(H,38,39). The lowest BCUT2D eigenvalue weighted by Gasteiger charge is -2.07. The van der Waals surface area contributed by atoms with Crippen molar-refractivity contribution in [1.82, 2.24) is 45.4 Å². The summed E-state index contributed by atoms with van der Waals surface area (Å²) in [5.41, 5.74) is 9.15. The van der Waals surface area contributed by atoms with E-state index in [1.807, 2.05) is 61.2 Å². The molecule has 7 rings (SSSR count). The summed E-state index contributed by atoms with van der Waals surface area (Å²) >= 11 is 0. The molecule has 39 heavy (non-hydrogen) atoms. The summed E-state index contributed by atoms with van der Waals surface area (Å²) in [5, 5.41) is 12.1. The lowest BCUT2D eigenvalue weighted by molar-refractivity contribution is 0.691. The van der Waals surface area contributed by atoms with Gasteiger partial charge in [0.1, 0.15) is 11.2 Å². The quantitative estimate of drug-likeness (QED) is 0.266. The normalized spacial score (nSPS) is 11.4. The van der Waals surface area contributed by atoms with Gasteiger partial charge in [0.2, 0.25) is 0 Å². The van der Waals surface area contributed by atoms with Gasteiger partial charge in [0.15, 0.2) is 5.82 Å². The van der Waals surface area contributed by atoms with E-state index in [0.29, 0.717) is 12.4 Å². The molecule has 0 atom stereocenters. The molecule has 0 spiro atoms. The monoisotopic (exact) mass is 509 g/mol. The van der Waals surface area contributed by atoms with Crippen molar-refractivity contribution in [3.05, 3.63) is 109 Å². The molecule has 6 aromatic heterocycles. The molecule has 0 fully saturated rings. The molecule has 0 saturated heterocycles. The number of aromatic amines is 2. The zero-order valence-corrected chi connectivity index (χ0v) is 20.8. The molecule has 3 N–H and O–H groups in total. The van der Waals surface area contributed by atoms with Gasteiger partial charge >= 0.3 is 0 Å². The Balaban J connectivity index is 1.20. The molecule has 0 bridgehead atoms. The SMILES string of the molecule is c1ccc(CNCc2cncc(-c3cc4c(-c5nc6c(-c7cccnc7)cncc6[nH]5)n[nH]c4cn3)c2)cc1. The molecule has 6 heterocycles. The van der Waals surface area contributed by atoms with Gasteiger partial charge in [0.05, 0.1) is 29.1 Å². The lowest BCUT2D eigenvalue weighted by Crippen LogP contribution is -2.12. The maximum atomic E-state index is 4.91. The van der Waals surface area contributed by atoms with Crippen LogP contribution in [0.1, 0.15) is 11.1 Å². The van der Waals surface area contributed by atoms with Crippen LogP contribution in [0.5, 0.6) is 0 Å². The van der Waals surface area contributed by atoms with E-state index in [0.717, 1.165) is 62.1 Å². The minimum Gasteiger partial charge on any atom is -0.335 e. The van der Waals surface area contributed by atoms with Gasteiger partial charge in [-0.1, -0.05) is 36.4 Å². The molecule has 1 aromatic carbocycles. The third kappa shape index (κ3) is 4.51. The molecule has 0 saturated carbocycles. The Morgan fingerprint density at radius 3 is 2.49 bits per heavy atom. The van der Waals surface area contributed by atoms with E-state index in [9.17, 15) is 0 Å². The zero-order chi connectivity index (χ0) is 26.0. The van der Waals surface area contributed by atoms with Crippen LogP contribution in [0, 0.1) is 0 Å². The van der Waals surface area contributed by atoms with E-state index in [1.165, 1.54) is 5.56 Å². The van der Waals surface area contributed by atoms with Crippen LogP contribution in [0.25, 0.3) is 55.8 Å². The minimum atomic E-state index is 0.656. The summed E-state index contributed by atoms with van der Waals surface area (Å²) < 4.78 is 0. The van der Waals surface area contributed by atoms with E-state index >= 15 is 0 Å². The number of pyridine rings is 4. The van der Waals surface area contributed by atoms with Crippen molar-refractivity contribution in [3.63, 3.8) is 0 Å². The molecule has 0 amide bonds. The molecule has 0 aliphatic heterocycles. The summed E-state index contributed by atoms with van der Waals surface area (Å²) in [4.78, 5) is 26.1. The van der Waals surface area contributed by atoms with Crippen molar-refractivity contribution < 1.29 is 0 Å². The molecule has 0 unspecified atom stereocenters.